The molecule has 3 aromatic rings. The zero-order chi connectivity index (χ0) is 30.4. The molecule has 2 amide bonds. The standard InChI is InChI=1S/C31H40N6O5/c1-20(2)16-26(42-28(40)19-35(5)27(39)18-32-4)31(41)37-14-12-36(13-15-37)30-22-11-10-21(3)17-24(22)33-29(34-30)23-8-6-7-9-25(23)38/h6-11,17,20,26,32,38H,12-16,18-19H2,1-5H3. The molecular weight excluding hydrogens is 536 g/mol. The minimum atomic E-state index is -0.924. The Bertz CT molecular complexity index is 1440. The summed E-state index contributed by atoms with van der Waals surface area (Å²) >= 11 is 0. The van der Waals surface area contributed by atoms with Crippen LogP contribution in [-0.4, -0.2) is 102 Å². The number of fused-ring (bicyclic) bond motifs is 1. The first kappa shape index (κ1) is 30.7. The van der Waals surface area contributed by atoms with Gasteiger partial charge in [-0.1, -0.05) is 32.0 Å². The van der Waals surface area contributed by atoms with Crippen LogP contribution >= 0.6 is 0 Å². The highest BCUT2D eigenvalue weighted by Gasteiger charge is 2.32. The van der Waals surface area contributed by atoms with Crippen molar-refractivity contribution in [1.82, 2.24) is 25.1 Å². The molecule has 1 atom stereocenters. The van der Waals surface area contributed by atoms with Gasteiger partial charge in [-0.05, 0) is 56.1 Å². The molecule has 0 bridgehead atoms. The normalized spacial score (nSPS) is 14.2. The molecule has 0 radical (unpaired) electrons. The Morgan fingerprint density at radius 1 is 1.07 bits per heavy atom. The van der Waals surface area contributed by atoms with E-state index < -0.39 is 12.1 Å². The molecule has 1 fully saturated rings. The summed E-state index contributed by atoms with van der Waals surface area (Å²) in [5.41, 5.74) is 2.39. The van der Waals surface area contributed by atoms with E-state index in [1.54, 1.807) is 30.1 Å². The first-order valence-electron chi connectivity index (χ1n) is 14.3. The van der Waals surface area contributed by atoms with Crippen LogP contribution in [0.4, 0.5) is 5.82 Å². The summed E-state index contributed by atoms with van der Waals surface area (Å²) in [4.78, 5) is 53.0. The van der Waals surface area contributed by atoms with E-state index in [9.17, 15) is 19.5 Å². The molecule has 4 rings (SSSR count). The lowest BCUT2D eigenvalue weighted by atomic mass is 10.0. The number of benzene rings is 2. The van der Waals surface area contributed by atoms with Crippen LogP contribution < -0.4 is 10.2 Å². The van der Waals surface area contributed by atoms with Crippen molar-refractivity contribution in [3.8, 4) is 17.1 Å². The number of amides is 2. The number of rotatable bonds is 10. The van der Waals surface area contributed by atoms with Crippen molar-refractivity contribution in [3.63, 3.8) is 0 Å². The summed E-state index contributed by atoms with van der Waals surface area (Å²) in [7, 11) is 3.19. The number of likely N-dealkylation sites (N-methyl/N-ethyl adjacent to an activating group) is 2. The van der Waals surface area contributed by atoms with E-state index in [1.807, 2.05) is 45.0 Å². The number of ether oxygens (including phenoxy) is 1. The molecule has 2 aromatic carbocycles. The number of nitrogens with one attached hydrogen (secondary N) is 1. The number of hydrogen-bond donors (Lipinski definition) is 2. The largest absolute Gasteiger partial charge is 0.507 e. The Hall–Kier alpha value is -4.25. The topological polar surface area (TPSA) is 128 Å². The van der Waals surface area contributed by atoms with Gasteiger partial charge >= 0.3 is 5.97 Å². The number of hydrogen-bond acceptors (Lipinski definition) is 9. The number of nitrogens with zero attached hydrogens (tertiary/aromatic N) is 5. The van der Waals surface area contributed by atoms with Crippen LogP contribution in [0.2, 0.25) is 0 Å². The van der Waals surface area contributed by atoms with E-state index in [0.29, 0.717) is 44.0 Å². The third-order valence-corrected chi connectivity index (χ3v) is 7.22. The molecule has 0 aliphatic carbocycles. The number of piperazine rings is 1. The second kappa shape index (κ2) is 13.6. The lowest BCUT2D eigenvalue weighted by Gasteiger charge is -2.37. The number of anilines is 1. The second-order valence-electron chi connectivity index (χ2n) is 11.1. The van der Waals surface area contributed by atoms with Gasteiger partial charge in [-0.3, -0.25) is 14.4 Å². The quantitative estimate of drug-likeness (QED) is 0.350. The van der Waals surface area contributed by atoms with Crippen molar-refractivity contribution in [2.24, 2.45) is 5.92 Å². The third-order valence-electron chi connectivity index (χ3n) is 7.22. The highest BCUT2D eigenvalue weighted by Crippen LogP contribution is 2.32. The fraction of sp³-hybridized carbons (Fsp3) is 0.452. The Kier molecular flexibility index (Phi) is 9.95. The third kappa shape index (κ3) is 7.33. The van der Waals surface area contributed by atoms with Crippen molar-refractivity contribution < 1.29 is 24.2 Å². The molecule has 0 saturated carbocycles. The van der Waals surface area contributed by atoms with Gasteiger partial charge in [0.1, 0.15) is 18.1 Å². The van der Waals surface area contributed by atoms with Gasteiger partial charge in [0.2, 0.25) is 5.91 Å². The number of aromatic nitrogens is 2. The highest BCUT2D eigenvalue weighted by atomic mass is 16.5. The van der Waals surface area contributed by atoms with Crippen LogP contribution in [0.1, 0.15) is 25.8 Å². The molecule has 1 aromatic heterocycles. The molecule has 224 valence electrons. The summed E-state index contributed by atoms with van der Waals surface area (Å²) in [6, 6.07) is 13.0. The number of phenols is 1. The molecule has 1 aliphatic heterocycles. The van der Waals surface area contributed by atoms with Crippen LogP contribution in [0, 0.1) is 12.8 Å². The van der Waals surface area contributed by atoms with E-state index in [0.717, 1.165) is 22.3 Å². The van der Waals surface area contributed by atoms with Gasteiger partial charge in [-0.25, -0.2) is 9.97 Å². The zero-order valence-corrected chi connectivity index (χ0v) is 25.0. The van der Waals surface area contributed by atoms with Crippen LogP contribution in [0.25, 0.3) is 22.3 Å². The zero-order valence-electron chi connectivity index (χ0n) is 25.0. The molecule has 1 saturated heterocycles. The smallest absolute Gasteiger partial charge is 0.326 e. The molecule has 42 heavy (non-hydrogen) atoms. The summed E-state index contributed by atoms with van der Waals surface area (Å²) in [6.07, 6.45) is -0.536. The van der Waals surface area contributed by atoms with E-state index in [2.05, 4.69) is 10.2 Å². The van der Waals surface area contributed by atoms with E-state index in [4.69, 9.17) is 14.7 Å². The molecular formula is C31H40N6O5. The Morgan fingerprint density at radius 2 is 1.79 bits per heavy atom. The lowest BCUT2D eigenvalue weighted by molar-refractivity contribution is -0.163. The van der Waals surface area contributed by atoms with Gasteiger partial charge in [0.05, 0.1) is 17.6 Å². The monoisotopic (exact) mass is 576 g/mol. The van der Waals surface area contributed by atoms with Crippen LogP contribution in [0.3, 0.4) is 0 Å². The minimum absolute atomic E-state index is 0.106. The number of carbonyl (C=O) groups is 3. The first-order chi connectivity index (χ1) is 20.1. The first-order valence-corrected chi connectivity index (χ1v) is 14.3. The van der Waals surface area contributed by atoms with Crippen LogP contribution in [-0.2, 0) is 19.1 Å². The maximum Gasteiger partial charge on any atom is 0.326 e. The van der Waals surface area contributed by atoms with Gasteiger partial charge in [-0.15, -0.1) is 0 Å². The SMILES string of the molecule is CNCC(=O)N(C)CC(=O)OC(CC(C)C)C(=O)N1CCN(c2nc(-c3ccccc3O)nc3cc(C)ccc23)CC1. The fourth-order valence-electron chi connectivity index (χ4n) is 4.98. The predicted octanol–water partition coefficient (Wildman–Crippen LogP) is 2.60. The number of carbonyl (C=O) groups excluding carboxylic acids is 3. The summed E-state index contributed by atoms with van der Waals surface area (Å²) in [6.45, 7) is 7.73. The van der Waals surface area contributed by atoms with Crippen molar-refractivity contribution in [2.45, 2.75) is 33.3 Å². The molecule has 2 heterocycles. The fourth-order valence-corrected chi connectivity index (χ4v) is 4.98. The summed E-state index contributed by atoms with van der Waals surface area (Å²) < 4.78 is 5.63. The maximum absolute atomic E-state index is 13.5. The Morgan fingerprint density at radius 3 is 2.45 bits per heavy atom. The van der Waals surface area contributed by atoms with Crippen molar-refractivity contribution in [2.75, 3.05) is 58.3 Å². The van der Waals surface area contributed by atoms with Gasteiger partial charge < -0.3 is 29.9 Å². The van der Waals surface area contributed by atoms with Gasteiger partial charge in [0, 0.05) is 38.6 Å². The molecule has 0 spiro atoms. The molecule has 2 N–H and O–H groups in total. The van der Waals surface area contributed by atoms with E-state index in [1.165, 1.54) is 11.9 Å². The lowest BCUT2D eigenvalue weighted by Crippen LogP contribution is -2.53. The second-order valence-corrected chi connectivity index (χ2v) is 11.1. The van der Waals surface area contributed by atoms with Crippen molar-refractivity contribution in [3.05, 3.63) is 48.0 Å². The number of para-hydroxylation sites is 1. The Labute approximate surface area is 246 Å². The number of aryl methyl sites for hydroxylation is 1. The number of esters is 1. The summed E-state index contributed by atoms with van der Waals surface area (Å²) in [5.74, 6) is 0.314. The van der Waals surface area contributed by atoms with Gasteiger partial charge in [-0.2, -0.15) is 0 Å². The van der Waals surface area contributed by atoms with Crippen LogP contribution in [0.5, 0.6) is 5.75 Å². The highest BCUT2D eigenvalue weighted by molar-refractivity contribution is 5.92. The van der Waals surface area contributed by atoms with Crippen molar-refractivity contribution in [1.29, 1.82) is 0 Å². The Balaban J connectivity index is 1.50. The summed E-state index contributed by atoms with van der Waals surface area (Å²) in [5, 5.41) is 14.1. The van der Waals surface area contributed by atoms with E-state index in [-0.39, 0.29) is 36.6 Å². The van der Waals surface area contributed by atoms with Gasteiger partial charge in [0.15, 0.2) is 11.9 Å². The minimum Gasteiger partial charge on any atom is -0.507 e. The average Bonchev–Trinajstić information content (AvgIpc) is 2.96. The molecule has 1 unspecified atom stereocenters. The van der Waals surface area contributed by atoms with Crippen LogP contribution in [0.15, 0.2) is 42.5 Å². The maximum atomic E-state index is 13.5. The van der Waals surface area contributed by atoms with Crippen molar-refractivity contribution >= 4 is 34.5 Å². The predicted molar refractivity (Wildman–Crippen MR) is 161 cm³/mol. The number of phenolic OH excluding ortho intramolecular Hbond substituents is 1. The molecule has 11 nitrogen and oxygen atoms in total. The van der Waals surface area contributed by atoms with Gasteiger partial charge in [0.25, 0.3) is 5.91 Å². The average molecular weight is 577 g/mol. The van der Waals surface area contributed by atoms with E-state index >= 15 is 0 Å². The molecule has 1 aliphatic rings. The number of aromatic hydroxyl groups is 1. The molecule has 11 heteroatoms.